The maximum absolute atomic E-state index is 10.6. The van der Waals surface area contributed by atoms with E-state index in [0.717, 1.165) is 5.56 Å². The Morgan fingerprint density at radius 1 is 1.44 bits per heavy atom. The van der Waals surface area contributed by atoms with Gasteiger partial charge in [-0.15, -0.1) is 0 Å². The zero-order chi connectivity index (χ0) is 12.3. The molecule has 0 aliphatic carbocycles. The minimum Gasteiger partial charge on any atom is -0.286 e. The average molecular weight is 245 g/mol. The molecule has 0 amide bonds. The first-order valence-electron chi connectivity index (χ1n) is 4.48. The fourth-order valence-electron chi connectivity index (χ4n) is 1.28. The van der Waals surface area contributed by atoms with Crippen molar-refractivity contribution in [3.05, 3.63) is 39.4 Å². The second kappa shape index (κ2) is 4.58. The summed E-state index contributed by atoms with van der Waals surface area (Å²) >= 11 is 0. The topological polar surface area (TPSA) is 97.5 Å². The highest BCUT2D eigenvalue weighted by molar-refractivity contribution is 7.85. The number of hydrogen-bond donors (Lipinski definition) is 1. The molecule has 16 heavy (non-hydrogen) atoms. The zero-order valence-electron chi connectivity index (χ0n) is 8.58. The van der Waals surface area contributed by atoms with Gasteiger partial charge in [-0.1, -0.05) is 6.07 Å². The van der Waals surface area contributed by atoms with Crippen LogP contribution >= 0.6 is 0 Å². The van der Waals surface area contributed by atoms with Gasteiger partial charge in [0.05, 0.1) is 10.7 Å². The Morgan fingerprint density at radius 3 is 2.56 bits per heavy atom. The molecule has 0 saturated carbocycles. The molecule has 0 bridgehead atoms. The number of non-ortho nitro benzene ring substituents is 1. The number of nitro benzene ring substituents is 1. The van der Waals surface area contributed by atoms with Gasteiger partial charge >= 0.3 is 0 Å². The second-order valence-electron chi connectivity index (χ2n) is 3.40. The summed E-state index contributed by atoms with van der Waals surface area (Å²) in [6.07, 6.45) is 0.0619. The number of benzene rings is 1. The predicted molar refractivity (Wildman–Crippen MR) is 58.0 cm³/mol. The van der Waals surface area contributed by atoms with Crippen LogP contribution in [0.2, 0.25) is 0 Å². The lowest BCUT2D eigenvalue weighted by Gasteiger charge is -2.04. The van der Waals surface area contributed by atoms with Crippen molar-refractivity contribution < 1.29 is 17.9 Å². The van der Waals surface area contributed by atoms with E-state index < -0.39 is 20.8 Å². The maximum atomic E-state index is 10.6. The number of nitrogens with zero attached hydrogens (tertiary/aromatic N) is 1. The Morgan fingerprint density at radius 2 is 2.06 bits per heavy atom. The lowest BCUT2D eigenvalue weighted by molar-refractivity contribution is -0.384. The monoisotopic (exact) mass is 245 g/mol. The van der Waals surface area contributed by atoms with Crippen molar-refractivity contribution in [3.63, 3.8) is 0 Å². The molecule has 88 valence electrons. The summed E-state index contributed by atoms with van der Waals surface area (Å²) in [5.41, 5.74) is 1.22. The first-order valence-corrected chi connectivity index (χ1v) is 6.09. The van der Waals surface area contributed by atoms with Crippen molar-refractivity contribution in [1.29, 1.82) is 0 Å². The number of aryl methyl sites for hydroxylation is 2. The van der Waals surface area contributed by atoms with Gasteiger partial charge in [-0.2, -0.15) is 8.42 Å². The Bertz CT molecular complexity index is 509. The van der Waals surface area contributed by atoms with E-state index in [1.807, 2.05) is 0 Å². The molecule has 0 heterocycles. The molecule has 7 heteroatoms. The summed E-state index contributed by atoms with van der Waals surface area (Å²) in [6, 6.07) is 4.23. The molecule has 0 aliphatic rings. The largest absolute Gasteiger partial charge is 0.286 e. The zero-order valence-corrected chi connectivity index (χ0v) is 9.40. The van der Waals surface area contributed by atoms with Crippen molar-refractivity contribution >= 4 is 15.8 Å². The SMILES string of the molecule is Cc1ccc([N+](=O)[O-])cc1CCS(=O)(=O)O. The minimum absolute atomic E-state index is 0.0619. The van der Waals surface area contributed by atoms with Crippen LogP contribution in [0.25, 0.3) is 0 Å². The third-order valence-corrected chi connectivity index (χ3v) is 2.89. The Labute approximate surface area is 92.8 Å². The van der Waals surface area contributed by atoms with Gasteiger partial charge in [0.15, 0.2) is 0 Å². The summed E-state index contributed by atoms with van der Waals surface area (Å²) in [5, 5.41) is 10.5. The highest BCUT2D eigenvalue weighted by Gasteiger charge is 2.11. The maximum Gasteiger partial charge on any atom is 0.269 e. The molecule has 0 atom stereocenters. The van der Waals surface area contributed by atoms with Crippen LogP contribution in [0.5, 0.6) is 0 Å². The summed E-state index contributed by atoms with van der Waals surface area (Å²) in [6.45, 7) is 1.73. The van der Waals surface area contributed by atoms with Crippen LogP contribution in [0.15, 0.2) is 18.2 Å². The molecule has 1 N–H and O–H groups in total. The molecule has 0 aromatic heterocycles. The summed E-state index contributed by atoms with van der Waals surface area (Å²) in [5.74, 6) is -0.436. The van der Waals surface area contributed by atoms with Crippen LogP contribution in [0.4, 0.5) is 5.69 Å². The minimum atomic E-state index is -4.04. The molecular weight excluding hydrogens is 234 g/mol. The average Bonchev–Trinajstić information content (AvgIpc) is 2.14. The van der Waals surface area contributed by atoms with E-state index in [-0.39, 0.29) is 12.1 Å². The van der Waals surface area contributed by atoms with Gasteiger partial charge in [-0.25, -0.2) is 0 Å². The van der Waals surface area contributed by atoms with Crippen molar-refractivity contribution in [2.24, 2.45) is 0 Å². The van der Waals surface area contributed by atoms with Crippen LogP contribution in [0.1, 0.15) is 11.1 Å². The fourth-order valence-corrected chi connectivity index (χ4v) is 1.76. The van der Waals surface area contributed by atoms with Crippen LogP contribution in [0.3, 0.4) is 0 Å². The highest BCUT2D eigenvalue weighted by Crippen LogP contribution is 2.18. The Kier molecular flexibility index (Phi) is 3.61. The van der Waals surface area contributed by atoms with E-state index in [1.165, 1.54) is 12.1 Å². The third kappa shape index (κ3) is 3.59. The van der Waals surface area contributed by atoms with Crippen LogP contribution < -0.4 is 0 Å². The van der Waals surface area contributed by atoms with Crippen LogP contribution in [-0.2, 0) is 16.5 Å². The van der Waals surface area contributed by atoms with Gasteiger partial charge in [0, 0.05) is 12.1 Å². The van der Waals surface area contributed by atoms with Crippen LogP contribution in [0, 0.1) is 17.0 Å². The second-order valence-corrected chi connectivity index (χ2v) is 4.98. The quantitative estimate of drug-likeness (QED) is 0.490. The van der Waals surface area contributed by atoms with Gasteiger partial charge in [-0.3, -0.25) is 14.7 Å². The highest BCUT2D eigenvalue weighted by atomic mass is 32.2. The predicted octanol–water partition coefficient (Wildman–Crippen LogP) is 1.33. The van der Waals surface area contributed by atoms with Gasteiger partial charge in [0.2, 0.25) is 0 Å². The van der Waals surface area contributed by atoms with E-state index >= 15 is 0 Å². The van der Waals surface area contributed by atoms with Crippen molar-refractivity contribution in [2.75, 3.05) is 5.75 Å². The summed E-state index contributed by atoms with van der Waals surface area (Å²) in [4.78, 5) is 9.96. The van der Waals surface area contributed by atoms with Gasteiger partial charge in [-0.05, 0) is 24.5 Å². The van der Waals surface area contributed by atoms with E-state index in [4.69, 9.17) is 4.55 Å². The van der Waals surface area contributed by atoms with Crippen molar-refractivity contribution in [3.8, 4) is 0 Å². The first kappa shape index (κ1) is 12.6. The van der Waals surface area contributed by atoms with Gasteiger partial charge in [0.25, 0.3) is 15.8 Å². The normalized spacial score (nSPS) is 11.4. The standard InChI is InChI=1S/C9H11NO5S/c1-7-2-3-9(10(11)12)6-8(7)4-5-16(13,14)15/h2-3,6H,4-5H2,1H3,(H,13,14,15). The third-order valence-electron chi connectivity index (χ3n) is 2.17. The lowest BCUT2D eigenvalue weighted by Crippen LogP contribution is -2.07. The molecule has 1 rings (SSSR count). The molecule has 6 nitrogen and oxygen atoms in total. The van der Waals surface area contributed by atoms with Gasteiger partial charge < -0.3 is 0 Å². The molecule has 0 unspecified atom stereocenters. The Hall–Kier alpha value is -1.47. The molecule has 1 aromatic rings. The van der Waals surface area contributed by atoms with E-state index in [0.29, 0.717) is 5.56 Å². The summed E-state index contributed by atoms with van der Waals surface area (Å²) in [7, 11) is -4.04. The number of rotatable bonds is 4. The molecule has 0 saturated heterocycles. The van der Waals surface area contributed by atoms with E-state index in [1.54, 1.807) is 13.0 Å². The first-order chi connectivity index (χ1) is 7.29. The summed E-state index contributed by atoms with van der Waals surface area (Å²) < 4.78 is 29.7. The molecule has 0 aliphatic heterocycles. The molecule has 0 radical (unpaired) electrons. The molecule has 0 fully saturated rings. The lowest BCUT2D eigenvalue weighted by atomic mass is 10.1. The molecule has 0 spiro atoms. The van der Waals surface area contributed by atoms with Crippen LogP contribution in [-0.4, -0.2) is 23.6 Å². The van der Waals surface area contributed by atoms with Gasteiger partial charge in [0.1, 0.15) is 0 Å². The molecule has 1 aromatic carbocycles. The fraction of sp³-hybridized carbons (Fsp3) is 0.333. The number of nitro groups is 1. The van der Waals surface area contributed by atoms with Crippen molar-refractivity contribution in [2.45, 2.75) is 13.3 Å². The van der Waals surface area contributed by atoms with Crippen molar-refractivity contribution in [1.82, 2.24) is 0 Å². The smallest absolute Gasteiger partial charge is 0.269 e. The number of hydrogen-bond acceptors (Lipinski definition) is 4. The van der Waals surface area contributed by atoms with E-state index in [9.17, 15) is 18.5 Å². The molecular formula is C9H11NO5S. The van der Waals surface area contributed by atoms with E-state index in [2.05, 4.69) is 0 Å². The Balaban J connectivity index is 2.95.